The molecule has 1 aromatic carbocycles. The van der Waals surface area contributed by atoms with E-state index in [4.69, 9.17) is 9.52 Å². The van der Waals surface area contributed by atoms with Gasteiger partial charge in [0.2, 0.25) is 5.76 Å². The van der Waals surface area contributed by atoms with Crippen LogP contribution in [0, 0.1) is 0 Å². The van der Waals surface area contributed by atoms with Crippen molar-refractivity contribution in [2.24, 2.45) is 0 Å². The molecule has 5 heteroatoms. The predicted molar refractivity (Wildman–Crippen MR) is 81.1 cm³/mol. The molecule has 1 aliphatic heterocycles. The summed E-state index contributed by atoms with van der Waals surface area (Å²) in [6.45, 7) is 3.83. The number of para-hydroxylation sites is 2. The number of furan rings is 1. The average molecular weight is 286 g/mol. The summed E-state index contributed by atoms with van der Waals surface area (Å²) in [6, 6.07) is 11.5. The van der Waals surface area contributed by atoms with Crippen LogP contribution in [0.3, 0.4) is 0 Å². The van der Waals surface area contributed by atoms with Crippen LogP contribution in [0.15, 0.2) is 40.8 Å². The number of carboxylic acid groups (broad SMARTS) is 1. The number of rotatable bonds is 3. The Balaban J connectivity index is 1.93. The van der Waals surface area contributed by atoms with Crippen molar-refractivity contribution in [3.8, 4) is 0 Å². The van der Waals surface area contributed by atoms with Crippen molar-refractivity contribution < 1.29 is 14.3 Å². The van der Waals surface area contributed by atoms with Gasteiger partial charge in [0.25, 0.3) is 0 Å². The first kappa shape index (κ1) is 13.5. The van der Waals surface area contributed by atoms with Gasteiger partial charge in [0.1, 0.15) is 5.76 Å². The van der Waals surface area contributed by atoms with Crippen LogP contribution in [0.25, 0.3) is 0 Å². The van der Waals surface area contributed by atoms with Crippen molar-refractivity contribution in [1.82, 2.24) is 0 Å². The Morgan fingerprint density at radius 3 is 2.57 bits per heavy atom. The van der Waals surface area contributed by atoms with Crippen molar-refractivity contribution in [3.63, 3.8) is 0 Å². The van der Waals surface area contributed by atoms with Gasteiger partial charge in [-0.2, -0.15) is 0 Å². The van der Waals surface area contributed by atoms with Crippen LogP contribution < -0.4 is 9.80 Å². The normalized spacial score (nSPS) is 15.7. The van der Waals surface area contributed by atoms with E-state index in [1.54, 1.807) is 6.07 Å². The topological polar surface area (TPSA) is 56.9 Å². The number of carbonyl (C=O) groups is 1. The summed E-state index contributed by atoms with van der Waals surface area (Å²) in [6.07, 6.45) is 0. The molecule has 0 saturated carbocycles. The Morgan fingerprint density at radius 2 is 1.90 bits per heavy atom. The summed E-state index contributed by atoms with van der Waals surface area (Å²) >= 11 is 0. The highest BCUT2D eigenvalue weighted by molar-refractivity contribution is 5.84. The summed E-state index contributed by atoms with van der Waals surface area (Å²) in [4.78, 5) is 15.4. The van der Waals surface area contributed by atoms with Gasteiger partial charge in [-0.25, -0.2) is 4.79 Å². The maximum atomic E-state index is 10.9. The van der Waals surface area contributed by atoms with Gasteiger partial charge in [-0.15, -0.1) is 0 Å². The molecular formula is C16H18N2O3. The molecule has 2 aromatic rings. The molecular weight excluding hydrogens is 268 g/mol. The van der Waals surface area contributed by atoms with Crippen LogP contribution in [0.5, 0.6) is 0 Å². The quantitative estimate of drug-likeness (QED) is 0.940. The largest absolute Gasteiger partial charge is 0.475 e. The lowest BCUT2D eigenvalue weighted by molar-refractivity contribution is 0.0659. The molecule has 3 rings (SSSR count). The molecule has 1 atom stereocenters. The van der Waals surface area contributed by atoms with Crippen LogP contribution in [0.1, 0.15) is 29.3 Å². The Kier molecular flexibility index (Phi) is 3.33. The Bertz CT molecular complexity index is 665. The van der Waals surface area contributed by atoms with Gasteiger partial charge in [0, 0.05) is 20.1 Å². The SMILES string of the molecule is CC(c1ccc(C(=O)O)o1)N1CCN(C)c2ccccc21. The zero-order valence-electron chi connectivity index (χ0n) is 12.1. The van der Waals surface area contributed by atoms with E-state index < -0.39 is 5.97 Å². The molecule has 0 aliphatic carbocycles. The Morgan fingerprint density at radius 1 is 1.19 bits per heavy atom. The minimum Gasteiger partial charge on any atom is -0.475 e. The highest BCUT2D eigenvalue weighted by Crippen LogP contribution is 2.37. The minimum atomic E-state index is -1.03. The molecule has 1 unspecified atom stereocenters. The fraction of sp³-hybridized carbons (Fsp3) is 0.312. The molecule has 2 heterocycles. The lowest BCUT2D eigenvalue weighted by atomic mass is 10.1. The lowest BCUT2D eigenvalue weighted by Gasteiger charge is -2.39. The van der Waals surface area contributed by atoms with E-state index in [-0.39, 0.29) is 11.8 Å². The second-order valence-corrected chi connectivity index (χ2v) is 5.29. The smallest absolute Gasteiger partial charge is 0.371 e. The van der Waals surface area contributed by atoms with Crippen molar-refractivity contribution in [2.45, 2.75) is 13.0 Å². The standard InChI is InChI=1S/C16H18N2O3/c1-11(14-7-8-15(21-14)16(19)20)18-10-9-17(2)12-5-3-4-6-13(12)18/h3-8,11H,9-10H2,1-2H3,(H,19,20). The Hall–Kier alpha value is -2.43. The number of hydrogen-bond acceptors (Lipinski definition) is 4. The fourth-order valence-electron chi connectivity index (χ4n) is 2.78. The highest BCUT2D eigenvalue weighted by atomic mass is 16.4. The van der Waals surface area contributed by atoms with E-state index in [1.807, 2.05) is 19.1 Å². The predicted octanol–water partition coefficient (Wildman–Crippen LogP) is 3.00. The molecule has 5 nitrogen and oxygen atoms in total. The van der Waals surface area contributed by atoms with Gasteiger partial charge in [0.05, 0.1) is 17.4 Å². The third-order valence-electron chi connectivity index (χ3n) is 4.00. The van der Waals surface area contributed by atoms with Crippen molar-refractivity contribution >= 4 is 17.3 Å². The van der Waals surface area contributed by atoms with E-state index in [2.05, 4.69) is 29.0 Å². The fourth-order valence-corrected chi connectivity index (χ4v) is 2.78. The third-order valence-corrected chi connectivity index (χ3v) is 4.00. The molecule has 1 N–H and O–H groups in total. The zero-order valence-corrected chi connectivity index (χ0v) is 12.1. The van der Waals surface area contributed by atoms with E-state index in [9.17, 15) is 4.79 Å². The number of benzene rings is 1. The summed E-state index contributed by atoms with van der Waals surface area (Å²) in [5.74, 6) is -0.377. The van der Waals surface area contributed by atoms with E-state index in [0.29, 0.717) is 5.76 Å². The summed E-state index contributed by atoms with van der Waals surface area (Å²) in [5.41, 5.74) is 2.33. The lowest BCUT2D eigenvalue weighted by Crippen LogP contribution is -2.40. The second-order valence-electron chi connectivity index (χ2n) is 5.29. The average Bonchev–Trinajstić information content (AvgIpc) is 2.97. The van der Waals surface area contributed by atoms with Gasteiger partial charge in [-0.1, -0.05) is 12.1 Å². The van der Waals surface area contributed by atoms with Gasteiger partial charge >= 0.3 is 5.97 Å². The number of hydrogen-bond donors (Lipinski definition) is 1. The molecule has 1 aromatic heterocycles. The zero-order chi connectivity index (χ0) is 15.0. The number of anilines is 2. The molecule has 110 valence electrons. The van der Waals surface area contributed by atoms with E-state index >= 15 is 0 Å². The number of likely N-dealkylation sites (N-methyl/N-ethyl adjacent to an activating group) is 1. The van der Waals surface area contributed by atoms with E-state index in [0.717, 1.165) is 18.8 Å². The number of nitrogens with zero attached hydrogens (tertiary/aromatic N) is 2. The molecule has 1 aliphatic rings. The molecule has 0 spiro atoms. The van der Waals surface area contributed by atoms with Crippen LogP contribution in [-0.2, 0) is 0 Å². The first-order valence-electron chi connectivity index (χ1n) is 6.98. The molecule has 0 saturated heterocycles. The Labute approximate surface area is 123 Å². The van der Waals surface area contributed by atoms with Crippen LogP contribution >= 0.6 is 0 Å². The van der Waals surface area contributed by atoms with Gasteiger partial charge in [-0.05, 0) is 31.2 Å². The first-order valence-corrected chi connectivity index (χ1v) is 6.98. The molecule has 0 bridgehead atoms. The molecule has 0 amide bonds. The minimum absolute atomic E-state index is 0.00653. The molecule has 21 heavy (non-hydrogen) atoms. The van der Waals surface area contributed by atoms with Gasteiger partial charge in [-0.3, -0.25) is 0 Å². The van der Waals surface area contributed by atoms with Gasteiger partial charge in [0.15, 0.2) is 0 Å². The maximum absolute atomic E-state index is 10.9. The van der Waals surface area contributed by atoms with Crippen LogP contribution in [0.4, 0.5) is 11.4 Å². The van der Waals surface area contributed by atoms with Crippen LogP contribution in [-0.4, -0.2) is 31.2 Å². The summed E-state index contributed by atoms with van der Waals surface area (Å²) < 4.78 is 5.45. The number of aromatic carboxylic acids is 1. The maximum Gasteiger partial charge on any atom is 0.371 e. The van der Waals surface area contributed by atoms with E-state index in [1.165, 1.54) is 11.8 Å². The van der Waals surface area contributed by atoms with Gasteiger partial charge < -0.3 is 19.3 Å². The molecule has 0 fully saturated rings. The van der Waals surface area contributed by atoms with Crippen molar-refractivity contribution in [1.29, 1.82) is 0 Å². The first-order chi connectivity index (χ1) is 10.1. The third kappa shape index (κ3) is 2.35. The number of fused-ring (bicyclic) bond motifs is 1. The second kappa shape index (κ2) is 5.16. The monoisotopic (exact) mass is 286 g/mol. The van der Waals surface area contributed by atoms with Crippen molar-refractivity contribution in [3.05, 3.63) is 47.9 Å². The molecule has 0 radical (unpaired) electrons. The summed E-state index contributed by atoms with van der Waals surface area (Å²) in [7, 11) is 2.08. The summed E-state index contributed by atoms with van der Waals surface area (Å²) in [5, 5.41) is 8.97. The number of carboxylic acids is 1. The highest BCUT2D eigenvalue weighted by Gasteiger charge is 2.26. The van der Waals surface area contributed by atoms with Crippen LogP contribution in [0.2, 0.25) is 0 Å². The van der Waals surface area contributed by atoms with Crippen molar-refractivity contribution in [2.75, 3.05) is 29.9 Å².